The van der Waals surface area contributed by atoms with Crippen LogP contribution in [0.4, 0.5) is 0 Å². The Balaban J connectivity index is 2.19. The number of carbonyl (C=O) groups is 1. The van der Waals surface area contributed by atoms with Crippen molar-refractivity contribution in [2.75, 3.05) is 0 Å². The summed E-state index contributed by atoms with van der Waals surface area (Å²) >= 11 is 0. The van der Waals surface area contributed by atoms with Crippen LogP contribution in [0.5, 0.6) is 0 Å². The van der Waals surface area contributed by atoms with Gasteiger partial charge in [0, 0.05) is 11.9 Å². The third-order valence-corrected chi connectivity index (χ3v) is 2.93. The van der Waals surface area contributed by atoms with E-state index in [1.165, 1.54) is 12.8 Å². The van der Waals surface area contributed by atoms with Crippen molar-refractivity contribution in [3.05, 3.63) is 29.6 Å². The maximum atomic E-state index is 10.8. The average Bonchev–Trinajstić information content (AvgIpc) is 2.97. The van der Waals surface area contributed by atoms with Crippen LogP contribution in [0.1, 0.15) is 36.4 Å². The number of aryl methyl sites for hydroxylation is 1. The highest BCUT2D eigenvalue weighted by molar-refractivity contribution is 5.68. The van der Waals surface area contributed by atoms with E-state index in [0.717, 1.165) is 11.3 Å². The van der Waals surface area contributed by atoms with Gasteiger partial charge in [0.25, 0.3) is 0 Å². The van der Waals surface area contributed by atoms with Crippen molar-refractivity contribution in [2.24, 2.45) is 5.92 Å². The van der Waals surface area contributed by atoms with Crippen LogP contribution < -0.4 is 0 Å². The fraction of sp³-hybridized carbons (Fsp3) is 0.500. The molecule has 0 radical (unpaired) electrons. The summed E-state index contributed by atoms with van der Waals surface area (Å²) in [5.41, 5.74) is 2.09. The van der Waals surface area contributed by atoms with Crippen LogP contribution in [0.3, 0.4) is 0 Å². The Kier molecular flexibility index (Phi) is 2.71. The number of aromatic nitrogens is 1. The molecule has 1 aliphatic rings. The Morgan fingerprint density at radius 2 is 2.40 bits per heavy atom. The van der Waals surface area contributed by atoms with Crippen molar-refractivity contribution in [3.8, 4) is 0 Å². The first kappa shape index (κ1) is 10.1. The van der Waals surface area contributed by atoms with Crippen LogP contribution in [0.15, 0.2) is 18.3 Å². The maximum Gasteiger partial charge on any atom is 0.303 e. The first-order chi connectivity index (χ1) is 7.16. The van der Waals surface area contributed by atoms with Crippen LogP contribution in [-0.4, -0.2) is 16.1 Å². The quantitative estimate of drug-likeness (QED) is 0.820. The summed E-state index contributed by atoms with van der Waals surface area (Å²) in [5, 5.41) is 8.88. The van der Waals surface area contributed by atoms with Gasteiger partial charge in [0.05, 0.1) is 6.42 Å². The zero-order valence-corrected chi connectivity index (χ0v) is 8.81. The van der Waals surface area contributed by atoms with Crippen molar-refractivity contribution in [1.29, 1.82) is 0 Å². The SMILES string of the molecule is Cc1cc([C@@H](CC(=O)O)C2CC2)ccn1. The van der Waals surface area contributed by atoms with Crippen molar-refractivity contribution < 1.29 is 9.90 Å². The maximum absolute atomic E-state index is 10.8. The number of hydrogen-bond acceptors (Lipinski definition) is 2. The second kappa shape index (κ2) is 4.01. The summed E-state index contributed by atoms with van der Waals surface area (Å²) in [6.45, 7) is 1.94. The number of carboxylic acid groups (broad SMARTS) is 1. The van der Waals surface area contributed by atoms with Gasteiger partial charge in [0.2, 0.25) is 0 Å². The van der Waals surface area contributed by atoms with Gasteiger partial charge < -0.3 is 5.11 Å². The highest BCUT2D eigenvalue weighted by Gasteiger charge is 2.33. The Hall–Kier alpha value is -1.38. The molecule has 15 heavy (non-hydrogen) atoms. The van der Waals surface area contributed by atoms with E-state index in [0.29, 0.717) is 5.92 Å². The van der Waals surface area contributed by atoms with E-state index >= 15 is 0 Å². The molecule has 0 saturated heterocycles. The minimum Gasteiger partial charge on any atom is -0.481 e. The fourth-order valence-corrected chi connectivity index (χ4v) is 2.04. The molecule has 1 heterocycles. The lowest BCUT2D eigenvalue weighted by molar-refractivity contribution is -0.137. The highest BCUT2D eigenvalue weighted by atomic mass is 16.4. The number of hydrogen-bond donors (Lipinski definition) is 1. The molecular formula is C12H15NO2. The summed E-state index contributed by atoms with van der Waals surface area (Å²) in [6, 6.07) is 3.95. The van der Waals surface area contributed by atoms with E-state index in [9.17, 15) is 4.79 Å². The second-order valence-corrected chi connectivity index (χ2v) is 4.27. The van der Waals surface area contributed by atoms with Crippen LogP contribution in [0.25, 0.3) is 0 Å². The van der Waals surface area contributed by atoms with E-state index in [1.54, 1.807) is 6.20 Å². The molecule has 1 aliphatic carbocycles. The van der Waals surface area contributed by atoms with Crippen molar-refractivity contribution in [1.82, 2.24) is 4.98 Å². The molecule has 1 fully saturated rings. The first-order valence-corrected chi connectivity index (χ1v) is 5.31. The molecule has 1 aromatic heterocycles. The van der Waals surface area contributed by atoms with Crippen LogP contribution >= 0.6 is 0 Å². The third-order valence-electron chi connectivity index (χ3n) is 2.93. The monoisotopic (exact) mass is 205 g/mol. The van der Waals surface area contributed by atoms with Crippen molar-refractivity contribution in [3.63, 3.8) is 0 Å². The van der Waals surface area contributed by atoms with Crippen LogP contribution in [0, 0.1) is 12.8 Å². The molecule has 2 rings (SSSR count). The molecule has 1 aromatic rings. The fourth-order valence-electron chi connectivity index (χ4n) is 2.04. The zero-order valence-electron chi connectivity index (χ0n) is 8.81. The Labute approximate surface area is 89.2 Å². The number of nitrogens with zero attached hydrogens (tertiary/aromatic N) is 1. The van der Waals surface area contributed by atoms with Gasteiger partial charge in [-0.2, -0.15) is 0 Å². The van der Waals surface area contributed by atoms with Gasteiger partial charge in [-0.25, -0.2) is 0 Å². The normalized spacial score (nSPS) is 17.4. The lowest BCUT2D eigenvalue weighted by Gasteiger charge is -2.14. The van der Waals surface area contributed by atoms with Crippen molar-refractivity contribution in [2.45, 2.75) is 32.1 Å². The van der Waals surface area contributed by atoms with Gasteiger partial charge in [-0.3, -0.25) is 9.78 Å². The predicted molar refractivity (Wildman–Crippen MR) is 56.7 cm³/mol. The van der Waals surface area contributed by atoms with Gasteiger partial charge in [-0.05, 0) is 49.3 Å². The van der Waals surface area contributed by atoms with E-state index < -0.39 is 5.97 Å². The number of aliphatic carboxylic acids is 1. The van der Waals surface area contributed by atoms with Crippen molar-refractivity contribution >= 4 is 5.97 Å². The highest BCUT2D eigenvalue weighted by Crippen LogP contribution is 2.44. The molecule has 1 atom stereocenters. The summed E-state index contributed by atoms with van der Waals surface area (Å²) < 4.78 is 0. The summed E-state index contributed by atoms with van der Waals surface area (Å²) in [6.07, 6.45) is 4.34. The molecule has 3 heteroatoms. The summed E-state index contributed by atoms with van der Waals surface area (Å²) in [7, 11) is 0. The van der Waals surface area contributed by atoms with Crippen LogP contribution in [0.2, 0.25) is 0 Å². The van der Waals surface area contributed by atoms with Gasteiger partial charge in [0.15, 0.2) is 0 Å². The summed E-state index contributed by atoms with van der Waals surface area (Å²) in [4.78, 5) is 14.9. The summed E-state index contributed by atoms with van der Waals surface area (Å²) in [5.74, 6) is 0.0495. The van der Waals surface area contributed by atoms with Gasteiger partial charge in [-0.1, -0.05) is 0 Å². The number of carboxylic acids is 1. The van der Waals surface area contributed by atoms with E-state index in [2.05, 4.69) is 4.98 Å². The molecule has 80 valence electrons. The minimum absolute atomic E-state index is 0.184. The first-order valence-electron chi connectivity index (χ1n) is 5.31. The van der Waals surface area contributed by atoms with Gasteiger partial charge in [-0.15, -0.1) is 0 Å². The molecule has 0 amide bonds. The van der Waals surface area contributed by atoms with E-state index in [-0.39, 0.29) is 12.3 Å². The van der Waals surface area contributed by atoms with Crippen LogP contribution in [-0.2, 0) is 4.79 Å². The van der Waals surface area contributed by atoms with E-state index in [4.69, 9.17) is 5.11 Å². The average molecular weight is 205 g/mol. The Morgan fingerprint density at radius 1 is 1.67 bits per heavy atom. The third kappa shape index (κ3) is 2.55. The van der Waals surface area contributed by atoms with E-state index in [1.807, 2.05) is 19.1 Å². The molecular weight excluding hydrogens is 190 g/mol. The molecule has 0 bridgehead atoms. The largest absolute Gasteiger partial charge is 0.481 e. The molecule has 1 saturated carbocycles. The smallest absolute Gasteiger partial charge is 0.303 e. The lowest BCUT2D eigenvalue weighted by atomic mass is 9.91. The Morgan fingerprint density at radius 3 is 2.93 bits per heavy atom. The topological polar surface area (TPSA) is 50.2 Å². The predicted octanol–water partition coefficient (Wildman–Crippen LogP) is 2.36. The molecule has 1 N–H and O–H groups in total. The minimum atomic E-state index is -0.707. The molecule has 0 spiro atoms. The molecule has 3 nitrogen and oxygen atoms in total. The standard InChI is InChI=1S/C12H15NO2/c1-8-6-10(4-5-13-8)11(7-12(14)15)9-2-3-9/h4-6,9,11H,2-3,7H2,1H3,(H,14,15)/t11-/m0/s1. The second-order valence-electron chi connectivity index (χ2n) is 4.27. The van der Waals surface area contributed by atoms with Gasteiger partial charge >= 0.3 is 5.97 Å². The molecule has 0 aliphatic heterocycles. The molecule has 0 unspecified atom stereocenters. The number of pyridine rings is 1. The Bertz CT molecular complexity index is 372. The number of rotatable bonds is 4. The zero-order chi connectivity index (χ0) is 10.8. The lowest BCUT2D eigenvalue weighted by Crippen LogP contribution is -2.08. The molecule has 0 aromatic carbocycles. The van der Waals surface area contributed by atoms with Gasteiger partial charge in [0.1, 0.15) is 0 Å².